The first-order valence-electron chi connectivity index (χ1n) is 5.88. The lowest BCUT2D eigenvalue weighted by molar-refractivity contribution is 0.256. The first-order chi connectivity index (χ1) is 7.63. The number of hydrogen-bond donors (Lipinski definition) is 1. The number of nitrogens with one attached hydrogen (secondary N) is 1. The molecule has 1 aromatic heterocycles. The van der Waals surface area contributed by atoms with Crippen LogP contribution < -0.4 is 5.32 Å². The highest BCUT2D eigenvalue weighted by atomic mass is 15.1. The van der Waals surface area contributed by atoms with E-state index < -0.39 is 0 Å². The van der Waals surface area contributed by atoms with Gasteiger partial charge in [-0.3, -0.25) is 4.98 Å². The number of likely N-dealkylation sites (N-methyl/N-ethyl adjacent to an activating group) is 2. The second kappa shape index (κ2) is 6.61. The predicted octanol–water partition coefficient (Wildman–Crippen LogP) is 1.76. The summed E-state index contributed by atoms with van der Waals surface area (Å²) in [4.78, 5) is 6.37. The van der Waals surface area contributed by atoms with Crippen LogP contribution in [0.1, 0.15) is 19.4 Å². The molecular formula is C13H23N3. The molecule has 0 saturated heterocycles. The first kappa shape index (κ1) is 13.1. The molecule has 0 aliphatic rings. The van der Waals surface area contributed by atoms with E-state index in [-0.39, 0.29) is 0 Å². The maximum Gasteiger partial charge on any atom is 0.0271 e. The molecule has 3 heteroatoms. The molecule has 1 aromatic rings. The summed E-state index contributed by atoms with van der Waals surface area (Å²) in [6.45, 7) is 6.55. The van der Waals surface area contributed by atoms with Gasteiger partial charge in [0.05, 0.1) is 0 Å². The SMILES string of the molecule is CNC(CN(C)Cc1ccncc1)C(C)C. The Balaban J connectivity index is 2.44. The van der Waals surface area contributed by atoms with Crippen LogP contribution in [0.2, 0.25) is 0 Å². The molecule has 0 spiro atoms. The van der Waals surface area contributed by atoms with Crippen molar-refractivity contribution in [3.05, 3.63) is 30.1 Å². The molecular weight excluding hydrogens is 198 g/mol. The minimum absolute atomic E-state index is 0.548. The van der Waals surface area contributed by atoms with Gasteiger partial charge in [-0.05, 0) is 37.7 Å². The minimum Gasteiger partial charge on any atom is -0.315 e. The van der Waals surface area contributed by atoms with Crippen molar-refractivity contribution in [2.45, 2.75) is 26.4 Å². The van der Waals surface area contributed by atoms with Crippen LogP contribution in [0.4, 0.5) is 0 Å². The molecule has 1 N–H and O–H groups in total. The van der Waals surface area contributed by atoms with Crippen LogP contribution in [0.25, 0.3) is 0 Å². The lowest BCUT2D eigenvalue weighted by Crippen LogP contribution is -2.40. The molecule has 0 fully saturated rings. The van der Waals surface area contributed by atoms with E-state index in [1.165, 1.54) is 5.56 Å². The van der Waals surface area contributed by atoms with Gasteiger partial charge in [-0.1, -0.05) is 13.8 Å². The zero-order valence-electron chi connectivity index (χ0n) is 10.8. The molecule has 0 bridgehead atoms. The highest BCUT2D eigenvalue weighted by Crippen LogP contribution is 2.06. The van der Waals surface area contributed by atoms with Crippen LogP contribution >= 0.6 is 0 Å². The fourth-order valence-electron chi connectivity index (χ4n) is 1.84. The van der Waals surface area contributed by atoms with Gasteiger partial charge in [0.25, 0.3) is 0 Å². The highest BCUT2D eigenvalue weighted by Gasteiger charge is 2.13. The molecule has 3 nitrogen and oxygen atoms in total. The van der Waals surface area contributed by atoms with Crippen molar-refractivity contribution in [3.63, 3.8) is 0 Å². The number of nitrogens with zero attached hydrogens (tertiary/aromatic N) is 2. The van der Waals surface area contributed by atoms with E-state index in [0.29, 0.717) is 12.0 Å². The molecule has 90 valence electrons. The molecule has 1 rings (SSSR count). The summed E-state index contributed by atoms with van der Waals surface area (Å²) in [5, 5.41) is 3.36. The van der Waals surface area contributed by atoms with Crippen LogP contribution in [0.15, 0.2) is 24.5 Å². The van der Waals surface area contributed by atoms with Gasteiger partial charge in [-0.25, -0.2) is 0 Å². The number of pyridine rings is 1. The van der Waals surface area contributed by atoms with Crippen LogP contribution in [0, 0.1) is 5.92 Å². The number of aromatic nitrogens is 1. The maximum absolute atomic E-state index is 4.03. The third-order valence-corrected chi connectivity index (χ3v) is 2.89. The fourth-order valence-corrected chi connectivity index (χ4v) is 1.84. The Kier molecular flexibility index (Phi) is 5.43. The van der Waals surface area contributed by atoms with Crippen LogP contribution in [-0.2, 0) is 6.54 Å². The van der Waals surface area contributed by atoms with Crippen LogP contribution in [0.5, 0.6) is 0 Å². The van der Waals surface area contributed by atoms with Crippen LogP contribution in [-0.4, -0.2) is 36.6 Å². The average Bonchev–Trinajstić information content (AvgIpc) is 2.27. The maximum atomic E-state index is 4.03. The summed E-state index contributed by atoms with van der Waals surface area (Å²) in [7, 11) is 4.19. The van der Waals surface area contributed by atoms with Crippen molar-refractivity contribution in [2.75, 3.05) is 20.6 Å². The van der Waals surface area contributed by atoms with E-state index in [2.05, 4.69) is 48.2 Å². The topological polar surface area (TPSA) is 28.2 Å². The zero-order chi connectivity index (χ0) is 12.0. The Hall–Kier alpha value is -0.930. The molecule has 0 aromatic carbocycles. The van der Waals surface area contributed by atoms with E-state index in [4.69, 9.17) is 0 Å². The molecule has 1 heterocycles. The summed E-state index contributed by atoms with van der Waals surface area (Å²) in [5.74, 6) is 0.657. The van der Waals surface area contributed by atoms with Crippen molar-refractivity contribution < 1.29 is 0 Å². The van der Waals surface area contributed by atoms with Gasteiger partial charge >= 0.3 is 0 Å². The van der Waals surface area contributed by atoms with Gasteiger partial charge in [0.1, 0.15) is 0 Å². The molecule has 1 atom stereocenters. The standard InChI is InChI=1S/C13H23N3/c1-11(2)13(14-3)10-16(4)9-12-5-7-15-8-6-12/h5-8,11,13-14H,9-10H2,1-4H3. The van der Waals surface area contributed by atoms with E-state index in [1.54, 1.807) is 0 Å². The molecule has 0 radical (unpaired) electrons. The zero-order valence-corrected chi connectivity index (χ0v) is 10.8. The van der Waals surface area contributed by atoms with E-state index in [9.17, 15) is 0 Å². The molecule has 0 aliphatic heterocycles. The third-order valence-electron chi connectivity index (χ3n) is 2.89. The monoisotopic (exact) mass is 221 g/mol. The van der Waals surface area contributed by atoms with Crippen molar-refractivity contribution in [3.8, 4) is 0 Å². The Morgan fingerprint density at radius 1 is 1.31 bits per heavy atom. The van der Waals surface area contributed by atoms with Gasteiger partial charge in [0, 0.05) is 31.5 Å². The third kappa shape index (κ3) is 4.29. The summed E-state index contributed by atoms with van der Waals surface area (Å²) < 4.78 is 0. The number of hydrogen-bond acceptors (Lipinski definition) is 3. The quantitative estimate of drug-likeness (QED) is 0.793. The van der Waals surface area contributed by atoms with Crippen molar-refractivity contribution >= 4 is 0 Å². The number of rotatable bonds is 6. The summed E-state index contributed by atoms with van der Waals surface area (Å²) >= 11 is 0. The molecule has 0 aliphatic carbocycles. The Morgan fingerprint density at radius 2 is 1.94 bits per heavy atom. The van der Waals surface area contributed by atoms with Gasteiger partial charge in [0.15, 0.2) is 0 Å². The molecule has 0 amide bonds. The van der Waals surface area contributed by atoms with Crippen molar-refractivity contribution in [2.24, 2.45) is 5.92 Å². The molecule has 0 saturated carbocycles. The lowest BCUT2D eigenvalue weighted by Gasteiger charge is -2.26. The van der Waals surface area contributed by atoms with E-state index in [0.717, 1.165) is 13.1 Å². The lowest BCUT2D eigenvalue weighted by atomic mass is 10.0. The van der Waals surface area contributed by atoms with Crippen molar-refractivity contribution in [1.29, 1.82) is 0 Å². The van der Waals surface area contributed by atoms with Crippen LogP contribution in [0.3, 0.4) is 0 Å². The largest absolute Gasteiger partial charge is 0.315 e. The van der Waals surface area contributed by atoms with Gasteiger partial charge < -0.3 is 10.2 Å². The predicted molar refractivity (Wildman–Crippen MR) is 68.3 cm³/mol. The second-order valence-electron chi connectivity index (χ2n) is 4.69. The van der Waals surface area contributed by atoms with Gasteiger partial charge in [-0.2, -0.15) is 0 Å². The summed E-state index contributed by atoms with van der Waals surface area (Å²) in [5.41, 5.74) is 1.32. The average molecular weight is 221 g/mol. The highest BCUT2D eigenvalue weighted by molar-refractivity contribution is 5.09. The first-order valence-corrected chi connectivity index (χ1v) is 5.88. The van der Waals surface area contributed by atoms with E-state index in [1.807, 2.05) is 19.4 Å². The second-order valence-corrected chi connectivity index (χ2v) is 4.69. The smallest absolute Gasteiger partial charge is 0.0271 e. The fraction of sp³-hybridized carbons (Fsp3) is 0.615. The Morgan fingerprint density at radius 3 is 2.44 bits per heavy atom. The minimum atomic E-state index is 0.548. The normalized spacial score (nSPS) is 13.4. The van der Waals surface area contributed by atoms with Crippen molar-refractivity contribution in [1.82, 2.24) is 15.2 Å². The summed E-state index contributed by atoms with van der Waals surface area (Å²) in [6, 6.07) is 4.69. The van der Waals surface area contributed by atoms with Gasteiger partial charge in [-0.15, -0.1) is 0 Å². The Bertz CT molecular complexity index is 284. The van der Waals surface area contributed by atoms with E-state index >= 15 is 0 Å². The van der Waals surface area contributed by atoms with Gasteiger partial charge in [0.2, 0.25) is 0 Å². The Labute approximate surface area is 98.9 Å². The molecule has 1 unspecified atom stereocenters. The summed E-state index contributed by atoms with van der Waals surface area (Å²) in [6.07, 6.45) is 3.70. The molecule has 16 heavy (non-hydrogen) atoms.